The van der Waals surface area contributed by atoms with Gasteiger partial charge < -0.3 is 34.2 Å². The smallest absolute Gasteiger partial charge is 0.333 e. The fraction of sp³-hybridized carbons (Fsp3) is 0.788. The molecular weight excluding hydrogens is 903 g/mol. The standard InChI is InChI=1S/C52H85N5O13/c1-13-34(6)39(41(67-11)31-45(62)56-28-15-17-40(56)51(68-12)36(8)37(9)58)22-21-35(7)50(65)48(32(2)3)53-52(66)49(33(4)5)54(10)27-16-20-46(63)69-38-25-29-55(30-26-38)42(59)18-14-19-47(64)70-57-43(60)23-24-44(57)61/h21-22,32-36,38-41,48-49,51H,13-20,23-31H2,1-12H3,(H,53,66)/b22-21+/t34-,35?,36-,39?,40-,41+,48-,49-,51+/m0/s1. The van der Waals surface area contributed by atoms with E-state index < -0.39 is 48.0 Å². The van der Waals surface area contributed by atoms with Gasteiger partial charge in [0.2, 0.25) is 17.7 Å². The van der Waals surface area contributed by atoms with E-state index in [1.165, 1.54) is 0 Å². The van der Waals surface area contributed by atoms with Crippen LogP contribution in [0.3, 0.4) is 0 Å². The molecule has 3 rings (SSSR count). The second-order valence-electron chi connectivity index (χ2n) is 20.4. The summed E-state index contributed by atoms with van der Waals surface area (Å²) in [5.74, 6) is -4.06. The van der Waals surface area contributed by atoms with Gasteiger partial charge in [-0.1, -0.05) is 74.0 Å². The van der Waals surface area contributed by atoms with Crippen molar-refractivity contribution in [3.05, 3.63) is 12.2 Å². The molecule has 5 amide bonds. The first kappa shape index (κ1) is 59.8. The number of rotatable bonds is 29. The van der Waals surface area contributed by atoms with E-state index in [4.69, 9.17) is 19.0 Å². The number of carbonyl (C=O) groups is 9. The van der Waals surface area contributed by atoms with Crippen molar-refractivity contribution < 1.29 is 62.2 Å². The lowest BCUT2D eigenvalue weighted by Gasteiger charge is -2.35. The van der Waals surface area contributed by atoms with E-state index in [9.17, 15) is 43.2 Å². The third-order valence-electron chi connectivity index (χ3n) is 14.5. The quantitative estimate of drug-likeness (QED) is 0.0577. The van der Waals surface area contributed by atoms with E-state index >= 15 is 0 Å². The van der Waals surface area contributed by atoms with Crippen LogP contribution in [0.25, 0.3) is 0 Å². The maximum absolute atomic E-state index is 14.1. The Labute approximate surface area is 416 Å². The number of esters is 1. The summed E-state index contributed by atoms with van der Waals surface area (Å²) in [4.78, 5) is 126. The summed E-state index contributed by atoms with van der Waals surface area (Å²) >= 11 is 0. The zero-order chi connectivity index (χ0) is 52.4. The van der Waals surface area contributed by atoms with Crippen LogP contribution in [0.2, 0.25) is 0 Å². The molecule has 70 heavy (non-hydrogen) atoms. The van der Waals surface area contributed by atoms with Crippen LogP contribution in [0.4, 0.5) is 0 Å². The summed E-state index contributed by atoms with van der Waals surface area (Å²) in [6.45, 7) is 18.9. The molecule has 0 aromatic carbocycles. The van der Waals surface area contributed by atoms with Gasteiger partial charge in [-0.2, -0.15) is 0 Å². The molecule has 3 saturated heterocycles. The van der Waals surface area contributed by atoms with Gasteiger partial charge in [0.25, 0.3) is 11.8 Å². The number of hydrogen-bond donors (Lipinski definition) is 1. The number of carbonyl (C=O) groups excluding carboxylic acids is 9. The molecule has 3 aliphatic heterocycles. The third-order valence-corrected chi connectivity index (χ3v) is 14.5. The molecule has 2 unspecified atom stereocenters. The number of piperidine rings is 1. The molecule has 0 spiro atoms. The minimum atomic E-state index is -0.761. The predicted molar refractivity (Wildman–Crippen MR) is 261 cm³/mol. The van der Waals surface area contributed by atoms with Gasteiger partial charge in [0.15, 0.2) is 5.78 Å². The maximum Gasteiger partial charge on any atom is 0.333 e. The molecule has 0 aromatic heterocycles. The lowest BCUT2D eigenvalue weighted by Crippen LogP contribution is -2.55. The molecule has 396 valence electrons. The van der Waals surface area contributed by atoms with Crippen LogP contribution >= 0.6 is 0 Å². The van der Waals surface area contributed by atoms with Crippen LogP contribution in [-0.2, 0) is 62.2 Å². The number of Topliss-reactive ketones (excluding diaryl/α,β-unsaturated/α-hetero) is 2. The second-order valence-corrected chi connectivity index (χ2v) is 20.4. The third kappa shape index (κ3) is 17.3. The van der Waals surface area contributed by atoms with Crippen molar-refractivity contribution in [1.82, 2.24) is 25.1 Å². The molecule has 9 atom stereocenters. The summed E-state index contributed by atoms with van der Waals surface area (Å²) in [7, 11) is 5.02. The van der Waals surface area contributed by atoms with Crippen molar-refractivity contribution in [2.45, 2.75) is 182 Å². The van der Waals surface area contributed by atoms with Crippen molar-refractivity contribution >= 4 is 53.0 Å². The zero-order valence-electron chi connectivity index (χ0n) is 44.2. The average Bonchev–Trinajstić information content (AvgIpc) is 3.92. The first-order chi connectivity index (χ1) is 33.1. The summed E-state index contributed by atoms with van der Waals surface area (Å²) < 4.78 is 17.5. The van der Waals surface area contributed by atoms with E-state index in [1.54, 1.807) is 26.0 Å². The van der Waals surface area contributed by atoms with Crippen molar-refractivity contribution in [3.8, 4) is 0 Å². The highest BCUT2D eigenvalue weighted by atomic mass is 16.7. The summed E-state index contributed by atoms with van der Waals surface area (Å²) in [6, 6.07) is -1.53. The SMILES string of the molecule is CC[C@H](C)C(/C=C/C(C)C(=O)[C@@H](NC(=O)[C@H](C(C)C)N(C)CCCC(=O)OC1CCN(C(=O)CCCC(=O)ON2C(=O)CCC2=O)CC1)C(C)C)[C@@H](CC(=O)N1CCC[C@H]1[C@H](OC)[C@@H](C)C(C)=O)OC. The molecule has 0 aromatic rings. The first-order valence-corrected chi connectivity index (χ1v) is 25.7. The summed E-state index contributed by atoms with van der Waals surface area (Å²) in [5, 5.41) is 3.56. The zero-order valence-corrected chi connectivity index (χ0v) is 44.2. The van der Waals surface area contributed by atoms with Gasteiger partial charge in [-0.15, -0.1) is 5.06 Å². The highest BCUT2D eigenvalue weighted by molar-refractivity contribution is 6.01. The number of ketones is 2. The van der Waals surface area contributed by atoms with Crippen molar-refractivity contribution in [2.24, 2.45) is 35.5 Å². The van der Waals surface area contributed by atoms with Gasteiger partial charge in [0.1, 0.15) is 11.9 Å². The van der Waals surface area contributed by atoms with Gasteiger partial charge in [0.05, 0.1) is 36.8 Å². The van der Waals surface area contributed by atoms with Crippen LogP contribution < -0.4 is 5.32 Å². The number of likely N-dealkylation sites (tertiary alicyclic amines) is 2. The van der Waals surface area contributed by atoms with Crippen LogP contribution in [-0.4, -0.2) is 157 Å². The van der Waals surface area contributed by atoms with Crippen LogP contribution in [0.1, 0.15) is 146 Å². The molecular formula is C52H85N5O13. The van der Waals surface area contributed by atoms with E-state index in [1.807, 2.05) is 70.5 Å². The van der Waals surface area contributed by atoms with Gasteiger partial charge in [-0.25, -0.2) is 4.79 Å². The highest BCUT2D eigenvalue weighted by Crippen LogP contribution is 2.31. The number of imide groups is 1. The summed E-state index contributed by atoms with van der Waals surface area (Å²) in [6.07, 6.45) is 6.95. The minimum Gasteiger partial charge on any atom is -0.462 e. The normalized spacial score (nSPS) is 20.4. The number of ether oxygens (including phenoxy) is 3. The Bertz CT molecular complexity index is 1810. The van der Waals surface area contributed by atoms with E-state index in [0.717, 1.165) is 19.3 Å². The number of amides is 5. The van der Waals surface area contributed by atoms with Crippen molar-refractivity contribution in [2.75, 3.05) is 47.4 Å². The Kier molecular flexibility index (Phi) is 24.8. The molecule has 0 saturated carbocycles. The lowest BCUT2D eigenvalue weighted by atomic mass is 9.83. The van der Waals surface area contributed by atoms with Gasteiger partial charge in [-0.3, -0.25) is 43.3 Å². The number of hydrogen-bond acceptors (Lipinski definition) is 14. The molecule has 18 nitrogen and oxygen atoms in total. The van der Waals surface area contributed by atoms with Crippen molar-refractivity contribution in [3.63, 3.8) is 0 Å². The Hall–Kier alpha value is -4.55. The Morgan fingerprint density at radius 1 is 0.786 bits per heavy atom. The van der Waals surface area contributed by atoms with Gasteiger partial charge in [0, 0.05) is 96.6 Å². The fourth-order valence-corrected chi connectivity index (χ4v) is 9.90. The summed E-state index contributed by atoms with van der Waals surface area (Å²) in [5.41, 5.74) is 0. The molecule has 0 radical (unpaired) electrons. The molecule has 3 heterocycles. The minimum absolute atomic E-state index is 0.00603. The monoisotopic (exact) mass is 988 g/mol. The topological polar surface area (TPSA) is 216 Å². The van der Waals surface area contributed by atoms with Gasteiger partial charge in [-0.05, 0) is 64.0 Å². The Morgan fingerprint density at radius 3 is 1.97 bits per heavy atom. The number of likely N-dealkylation sites (N-methyl/N-ethyl adjacent to an activating group) is 1. The molecule has 0 aliphatic carbocycles. The maximum atomic E-state index is 14.1. The first-order valence-electron chi connectivity index (χ1n) is 25.7. The number of hydroxylamine groups is 2. The Morgan fingerprint density at radius 2 is 1.41 bits per heavy atom. The largest absolute Gasteiger partial charge is 0.462 e. The second kappa shape index (κ2) is 29.1. The fourth-order valence-electron chi connectivity index (χ4n) is 9.90. The number of methoxy groups -OCH3 is 2. The molecule has 0 bridgehead atoms. The van der Waals surface area contributed by atoms with Gasteiger partial charge >= 0.3 is 11.9 Å². The van der Waals surface area contributed by atoms with Crippen molar-refractivity contribution in [1.29, 1.82) is 0 Å². The Balaban J connectivity index is 1.50. The van der Waals surface area contributed by atoms with Crippen LogP contribution in [0.15, 0.2) is 12.2 Å². The van der Waals surface area contributed by atoms with E-state index in [0.29, 0.717) is 50.5 Å². The molecule has 18 heteroatoms. The number of nitrogens with zero attached hydrogens (tertiary/aromatic N) is 4. The molecule has 3 aliphatic rings. The van der Waals surface area contributed by atoms with Crippen LogP contribution in [0.5, 0.6) is 0 Å². The van der Waals surface area contributed by atoms with Crippen LogP contribution in [0, 0.1) is 35.5 Å². The number of allylic oxidation sites excluding steroid dienone is 1. The average molecular weight is 988 g/mol. The lowest BCUT2D eigenvalue weighted by molar-refractivity contribution is -0.197. The van der Waals surface area contributed by atoms with E-state index in [-0.39, 0.29) is 122 Å². The molecule has 1 N–H and O–H groups in total. The highest BCUT2D eigenvalue weighted by Gasteiger charge is 2.41. The molecule has 3 fully saturated rings. The van der Waals surface area contributed by atoms with E-state index in [2.05, 4.69) is 19.2 Å². The number of nitrogens with one attached hydrogen (secondary N) is 1. The predicted octanol–water partition coefficient (Wildman–Crippen LogP) is 5.24.